The summed E-state index contributed by atoms with van der Waals surface area (Å²) in [5.41, 5.74) is 11.4. The number of benzene rings is 2. The molecule has 112 valence electrons. The van der Waals surface area contributed by atoms with Gasteiger partial charge in [0.1, 0.15) is 12.4 Å². The molecule has 0 fully saturated rings. The summed E-state index contributed by atoms with van der Waals surface area (Å²) < 4.78 is 5.71. The maximum Gasteiger partial charge on any atom is 0.119 e. The Morgan fingerprint density at radius 3 is 2.19 bits per heavy atom. The molecule has 2 aromatic rings. The first-order valence-corrected chi connectivity index (χ1v) is 7.54. The Morgan fingerprint density at radius 1 is 1.05 bits per heavy atom. The van der Waals surface area contributed by atoms with E-state index in [1.807, 2.05) is 24.3 Å². The molecule has 0 aliphatic carbocycles. The highest BCUT2D eigenvalue weighted by molar-refractivity contribution is 6.30. The largest absolute Gasteiger partial charge is 0.492 e. The van der Waals surface area contributed by atoms with E-state index in [1.54, 1.807) is 0 Å². The van der Waals surface area contributed by atoms with Crippen LogP contribution in [0.5, 0.6) is 5.75 Å². The van der Waals surface area contributed by atoms with Gasteiger partial charge in [0.15, 0.2) is 0 Å². The second-order valence-corrected chi connectivity index (χ2v) is 6.04. The predicted molar refractivity (Wildman–Crippen MR) is 89.3 cm³/mol. The van der Waals surface area contributed by atoms with Crippen molar-refractivity contribution in [3.63, 3.8) is 0 Å². The van der Waals surface area contributed by atoms with Crippen molar-refractivity contribution in [1.29, 1.82) is 0 Å². The van der Waals surface area contributed by atoms with E-state index in [0.29, 0.717) is 11.6 Å². The van der Waals surface area contributed by atoms with Crippen LogP contribution >= 0.6 is 11.6 Å². The number of hydrogen-bond donors (Lipinski definition) is 1. The molecule has 0 amide bonds. The third-order valence-corrected chi connectivity index (χ3v) is 3.84. The monoisotopic (exact) mass is 303 g/mol. The lowest BCUT2D eigenvalue weighted by Gasteiger charge is -2.17. The average Bonchev–Trinajstić information content (AvgIpc) is 2.42. The van der Waals surface area contributed by atoms with Crippen molar-refractivity contribution in [1.82, 2.24) is 0 Å². The molecule has 1 unspecified atom stereocenters. The van der Waals surface area contributed by atoms with E-state index in [0.717, 1.165) is 12.2 Å². The molecule has 0 spiro atoms. The SMILES string of the molecule is Cc1cc(C)c(CC(N)COc2ccc(Cl)cc2)c(C)c1. The molecule has 1 atom stereocenters. The Labute approximate surface area is 131 Å². The normalized spacial score (nSPS) is 12.2. The van der Waals surface area contributed by atoms with Crippen LogP contribution in [0.15, 0.2) is 36.4 Å². The van der Waals surface area contributed by atoms with Gasteiger partial charge in [-0.25, -0.2) is 0 Å². The van der Waals surface area contributed by atoms with Crippen LogP contribution in [0.4, 0.5) is 0 Å². The van der Waals surface area contributed by atoms with E-state index in [-0.39, 0.29) is 6.04 Å². The summed E-state index contributed by atoms with van der Waals surface area (Å²) in [5.74, 6) is 0.798. The molecular formula is C18H22ClNO. The van der Waals surface area contributed by atoms with E-state index in [9.17, 15) is 0 Å². The zero-order chi connectivity index (χ0) is 15.4. The van der Waals surface area contributed by atoms with E-state index in [2.05, 4.69) is 32.9 Å². The topological polar surface area (TPSA) is 35.2 Å². The molecule has 2 nitrogen and oxygen atoms in total. The summed E-state index contributed by atoms with van der Waals surface area (Å²) in [6.45, 7) is 6.89. The highest BCUT2D eigenvalue weighted by Gasteiger charge is 2.10. The summed E-state index contributed by atoms with van der Waals surface area (Å²) in [5, 5.41) is 0.706. The van der Waals surface area contributed by atoms with E-state index < -0.39 is 0 Å². The fourth-order valence-electron chi connectivity index (χ4n) is 2.59. The fraction of sp³-hybridized carbons (Fsp3) is 0.333. The minimum absolute atomic E-state index is 0.0271. The van der Waals surface area contributed by atoms with Gasteiger partial charge in [0, 0.05) is 11.1 Å². The summed E-state index contributed by atoms with van der Waals surface area (Å²) in [6, 6.07) is 11.7. The number of nitrogens with two attached hydrogens (primary N) is 1. The fourth-order valence-corrected chi connectivity index (χ4v) is 2.71. The molecular weight excluding hydrogens is 282 g/mol. The molecule has 2 rings (SSSR count). The van der Waals surface area contributed by atoms with Crippen LogP contribution in [-0.2, 0) is 6.42 Å². The van der Waals surface area contributed by atoms with Crippen molar-refractivity contribution in [3.8, 4) is 5.75 Å². The average molecular weight is 304 g/mol. The van der Waals surface area contributed by atoms with Gasteiger partial charge in [-0.3, -0.25) is 0 Å². The first kappa shape index (κ1) is 15.9. The van der Waals surface area contributed by atoms with Gasteiger partial charge in [-0.1, -0.05) is 29.3 Å². The van der Waals surface area contributed by atoms with Crippen LogP contribution in [0.2, 0.25) is 5.02 Å². The van der Waals surface area contributed by atoms with Gasteiger partial charge in [0.2, 0.25) is 0 Å². The molecule has 0 bridgehead atoms. The van der Waals surface area contributed by atoms with E-state index >= 15 is 0 Å². The summed E-state index contributed by atoms with van der Waals surface area (Å²) in [7, 11) is 0. The van der Waals surface area contributed by atoms with Gasteiger partial charge in [-0.2, -0.15) is 0 Å². The van der Waals surface area contributed by atoms with E-state index in [4.69, 9.17) is 22.1 Å². The minimum atomic E-state index is -0.0271. The van der Waals surface area contributed by atoms with E-state index in [1.165, 1.54) is 22.3 Å². The van der Waals surface area contributed by atoms with Crippen LogP contribution in [0.3, 0.4) is 0 Å². The second kappa shape index (κ2) is 6.97. The van der Waals surface area contributed by atoms with Crippen molar-refractivity contribution in [2.45, 2.75) is 33.2 Å². The van der Waals surface area contributed by atoms with Gasteiger partial charge >= 0.3 is 0 Å². The standard InChI is InChI=1S/C18H22ClNO/c1-12-8-13(2)18(14(3)9-12)10-16(20)11-21-17-6-4-15(19)5-7-17/h4-9,16H,10-11,20H2,1-3H3. The highest BCUT2D eigenvalue weighted by Crippen LogP contribution is 2.19. The quantitative estimate of drug-likeness (QED) is 0.898. The third-order valence-electron chi connectivity index (χ3n) is 3.58. The van der Waals surface area contributed by atoms with Crippen molar-refractivity contribution in [2.75, 3.05) is 6.61 Å². The molecule has 0 saturated carbocycles. The number of hydrogen-bond acceptors (Lipinski definition) is 2. The molecule has 2 aromatic carbocycles. The number of halogens is 1. The molecule has 2 N–H and O–H groups in total. The molecule has 3 heteroatoms. The molecule has 0 saturated heterocycles. The molecule has 21 heavy (non-hydrogen) atoms. The van der Waals surface area contributed by atoms with Crippen LogP contribution in [0, 0.1) is 20.8 Å². The first-order chi connectivity index (χ1) is 9.95. The van der Waals surface area contributed by atoms with Gasteiger partial charge in [0.25, 0.3) is 0 Å². The summed E-state index contributed by atoms with van der Waals surface area (Å²) >= 11 is 5.85. The number of aryl methyl sites for hydroxylation is 3. The van der Waals surface area contributed by atoms with Crippen molar-refractivity contribution < 1.29 is 4.74 Å². The van der Waals surface area contributed by atoms with Crippen molar-refractivity contribution in [3.05, 3.63) is 63.7 Å². The summed E-state index contributed by atoms with van der Waals surface area (Å²) in [6.07, 6.45) is 0.825. The van der Waals surface area contributed by atoms with Crippen LogP contribution in [-0.4, -0.2) is 12.6 Å². The lowest BCUT2D eigenvalue weighted by Crippen LogP contribution is -2.30. The number of rotatable bonds is 5. The Kier molecular flexibility index (Phi) is 5.27. The van der Waals surface area contributed by atoms with Gasteiger partial charge < -0.3 is 10.5 Å². The molecule has 0 aliphatic heterocycles. The predicted octanol–water partition coefficient (Wildman–Crippen LogP) is 4.21. The molecule has 0 aromatic heterocycles. The van der Waals surface area contributed by atoms with Crippen molar-refractivity contribution in [2.24, 2.45) is 5.73 Å². The van der Waals surface area contributed by atoms with Crippen LogP contribution in [0.25, 0.3) is 0 Å². The highest BCUT2D eigenvalue weighted by atomic mass is 35.5. The maximum absolute atomic E-state index is 6.21. The Hall–Kier alpha value is -1.51. The molecule has 0 radical (unpaired) electrons. The lowest BCUT2D eigenvalue weighted by atomic mass is 9.95. The van der Waals surface area contributed by atoms with Crippen molar-refractivity contribution >= 4 is 11.6 Å². The zero-order valence-electron chi connectivity index (χ0n) is 12.8. The Morgan fingerprint density at radius 2 is 1.62 bits per heavy atom. The molecule has 0 aliphatic rings. The minimum Gasteiger partial charge on any atom is -0.492 e. The second-order valence-electron chi connectivity index (χ2n) is 5.61. The van der Waals surface area contributed by atoms with Crippen LogP contribution in [0.1, 0.15) is 22.3 Å². The maximum atomic E-state index is 6.21. The molecule has 0 heterocycles. The van der Waals surface area contributed by atoms with Gasteiger partial charge in [-0.15, -0.1) is 0 Å². The smallest absolute Gasteiger partial charge is 0.119 e. The van der Waals surface area contributed by atoms with Crippen LogP contribution < -0.4 is 10.5 Å². The Bertz CT molecular complexity index is 584. The lowest BCUT2D eigenvalue weighted by molar-refractivity contribution is 0.287. The zero-order valence-corrected chi connectivity index (χ0v) is 13.6. The third kappa shape index (κ3) is 4.48. The number of ether oxygens (including phenoxy) is 1. The Balaban J connectivity index is 1.96. The van der Waals surface area contributed by atoms with Gasteiger partial charge in [-0.05, 0) is 68.1 Å². The first-order valence-electron chi connectivity index (χ1n) is 7.16. The van der Waals surface area contributed by atoms with Gasteiger partial charge in [0.05, 0.1) is 0 Å². The summed E-state index contributed by atoms with van der Waals surface area (Å²) in [4.78, 5) is 0.